The summed E-state index contributed by atoms with van der Waals surface area (Å²) in [6, 6.07) is 2.33. The van der Waals surface area contributed by atoms with Crippen molar-refractivity contribution in [2.75, 3.05) is 5.32 Å². The number of aromatic hydroxyl groups is 1. The largest absolute Gasteiger partial charge is 0.504 e. The van der Waals surface area contributed by atoms with Crippen LogP contribution in [-0.4, -0.2) is 32.0 Å². The van der Waals surface area contributed by atoms with E-state index in [0.717, 1.165) is 18.2 Å². The van der Waals surface area contributed by atoms with E-state index in [1.54, 1.807) is 0 Å². The number of aryl methyl sites for hydroxylation is 1. The zero-order valence-electron chi connectivity index (χ0n) is 17.8. The highest BCUT2D eigenvalue weighted by Gasteiger charge is 2.62. The summed E-state index contributed by atoms with van der Waals surface area (Å²) in [7, 11) is 0. The fourth-order valence-electron chi connectivity index (χ4n) is 4.20. The number of fused-ring (bicyclic) bond motifs is 2. The lowest BCUT2D eigenvalue weighted by Crippen LogP contribution is -2.54. The van der Waals surface area contributed by atoms with Crippen LogP contribution in [-0.2, 0) is 0 Å². The Balaban J connectivity index is 1.99. The molecule has 2 aromatic carbocycles. The molecule has 0 fully saturated rings. The molecule has 0 spiro atoms. The molecule has 0 amide bonds. The van der Waals surface area contributed by atoms with Crippen molar-refractivity contribution in [3.8, 4) is 5.75 Å². The number of alkyl halides is 3. The van der Waals surface area contributed by atoms with Crippen molar-refractivity contribution in [3.05, 3.63) is 64.6 Å². The zero-order chi connectivity index (χ0) is 24.3. The van der Waals surface area contributed by atoms with Gasteiger partial charge in [-0.15, -0.1) is 0 Å². The maximum atomic E-state index is 14.3. The van der Waals surface area contributed by atoms with Gasteiger partial charge in [0.05, 0.1) is 6.04 Å². The van der Waals surface area contributed by atoms with Crippen molar-refractivity contribution >= 4 is 22.2 Å². The number of phenols is 1. The third-order valence-electron chi connectivity index (χ3n) is 5.91. The number of aromatic nitrogens is 2. The van der Waals surface area contributed by atoms with Gasteiger partial charge in [0.2, 0.25) is 0 Å². The minimum atomic E-state index is -5.10. The first kappa shape index (κ1) is 22.9. The van der Waals surface area contributed by atoms with Gasteiger partial charge in [-0.05, 0) is 50.1 Å². The zero-order valence-corrected chi connectivity index (χ0v) is 17.8. The van der Waals surface area contributed by atoms with Crippen LogP contribution in [0.2, 0.25) is 0 Å². The normalized spacial score (nSPS) is 20.6. The van der Waals surface area contributed by atoms with E-state index in [1.807, 2.05) is 0 Å². The van der Waals surface area contributed by atoms with E-state index in [0.29, 0.717) is 5.57 Å². The number of hydrogen-bond acceptors (Lipinski definition) is 5. The van der Waals surface area contributed by atoms with E-state index in [2.05, 4.69) is 15.3 Å². The Morgan fingerprint density at radius 3 is 2.42 bits per heavy atom. The molecule has 0 saturated carbocycles. The number of hydrogen-bond donors (Lipinski definition) is 3. The molecule has 0 radical (unpaired) electrons. The van der Waals surface area contributed by atoms with Gasteiger partial charge in [0, 0.05) is 29.3 Å². The maximum Gasteiger partial charge on any atom is 0.419 e. The second-order valence-corrected chi connectivity index (χ2v) is 8.29. The van der Waals surface area contributed by atoms with E-state index in [-0.39, 0.29) is 39.1 Å². The molecule has 3 aromatic rings. The van der Waals surface area contributed by atoms with Gasteiger partial charge in [-0.1, -0.05) is 11.6 Å². The summed E-state index contributed by atoms with van der Waals surface area (Å²) >= 11 is 0. The molecule has 3 N–H and O–H groups in total. The molecule has 10 heteroatoms. The van der Waals surface area contributed by atoms with Gasteiger partial charge in [0.25, 0.3) is 0 Å². The van der Waals surface area contributed by atoms with E-state index in [1.165, 1.54) is 33.0 Å². The van der Waals surface area contributed by atoms with Crippen molar-refractivity contribution in [1.29, 1.82) is 0 Å². The maximum absolute atomic E-state index is 14.3. The third-order valence-corrected chi connectivity index (χ3v) is 5.91. The summed E-state index contributed by atoms with van der Waals surface area (Å²) in [6.45, 7) is 4.57. The molecular formula is C23H20F5N3O2. The molecule has 0 bridgehead atoms. The van der Waals surface area contributed by atoms with Crippen molar-refractivity contribution in [2.45, 2.75) is 45.0 Å². The molecule has 0 saturated heterocycles. The van der Waals surface area contributed by atoms with Crippen LogP contribution in [0.25, 0.3) is 16.5 Å². The van der Waals surface area contributed by atoms with Crippen LogP contribution < -0.4 is 5.32 Å². The number of nitrogens with zero attached hydrogens (tertiary/aromatic N) is 2. The van der Waals surface area contributed by atoms with Crippen LogP contribution >= 0.6 is 0 Å². The third kappa shape index (κ3) is 3.58. The molecule has 0 aliphatic heterocycles. The van der Waals surface area contributed by atoms with E-state index < -0.39 is 41.6 Å². The highest BCUT2D eigenvalue weighted by Crippen LogP contribution is 2.55. The predicted octanol–water partition coefficient (Wildman–Crippen LogP) is 5.57. The summed E-state index contributed by atoms with van der Waals surface area (Å²) in [5.41, 5.74) is -3.28. The molecule has 5 nitrogen and oxygen atoms in total. The van der Waals surface area contributed by atoms with Crippen LogP contribution in [0, 0.1) is 18.6 Å². The quantitative estimate of drug-likeness (QED) is 0.432. The van der Waals surface area contributed by atoms with Gasteiger partial charge in [-0.25, -0.2) is 18.7 Å². The van der Waals surface area contributed by atoms with Crippen molar-refractivity contribution in [1.82, 2.24) is 9.97 Å². The van der Waals surface area contributed by atoms with Gasteiger partial charge in [-0.2, -0.15) is 13.2 Å². The van der Waals surface area contributed by atoms with Gasteiger partial charge < -0.3 is 15.5 Å². The Kier molecular flexibility index (Phi) is 5.31. The fourth-order valence-corrected chi connectivity index (χ4v) is 4.20. The van der Waals surface area contributed by atoms with E-state index >= 15 is 0 Å². The number of nitrogens with one attached hydrogen (secondary N) is 1. The van der Waals surface area contributed by atoms with E-state index in [9.17, 15) is 32.2 Å². The molecule has 1 aliphatic rings. The fraction of sp³-hybridized carbons (Fsp3) is 0.304. The highest BCUT2D eigenvalue weighted by molar-refractivity contribution is 5.91. The van der Waals surface area contributed by atoms with Crippen molar-refractivity contribution < 1.29 is 32.2 Å². The molecule has 4 rings (SSSR count). The number of halogens is 5. The Bertz CT molecular complexity index is 1300. The summed E-state index contributed by atoms with van der Waals surface area (Å²) in [5.74, 6) is -2.23. The molecule has 1 heterocycles. The first-order chi connectivity index (χ1) is 15.3. The second kappa shape index (κ2) is 7.65. The Hall–Kier alpha value is -3.27. The van der Waals surface area contributed by atoms with Gasteiger partial charge in [-0.3, -0.25) is 0 Å². The average Bonchev–Trinajstić information content (AvgIpc) is 2.73. The van der Waals surface area contributed by atoms with Gasteiger partial charge in [0.15, 0.2) is 17.2 Å². The Morgan fingerprint density at radius 1 is 1.12 bits per heavy atom. The lowest BCUT2D eigenvalue weighted by Gasteiger charge is -2.44. The van der Waals surface area contributed by atoms with E-state index in [4.69, 9.17) is 0 Å². The number of anilines is 1. The van der Waals surface area contributed by atoms with Crippen LogP contribution in [0.15, 0.2) is 36.0 Å². The Labute approximate surface area is 185 Å². The minimum absolute atomic E-state index is 0.0113. The number of rotatable bonds is 2. The van der Waals surface area contributed by atoms with Gasteiger partial charge in [0.1, 0.15) is 17.2 Å². The topological polar surface area (TPSA) is 78.3 Å². The Morgan fingerprint density at radius 2 is 1.79 bits per heavy atom. The molecule has 0 unspecified atom stereocenters. The monoisotopic (exact) mass is 465 g/mol. The second-order valence-electron chi connectivity index (χ2n) is 8.29. The first-order valence-electron chi connectivity index (χ1n) is 10.0. The minimum Gasteiger partial charge on any atom is -0.504 e. The first-order valence-corrected chi connectivity index (χ1v) is 10.0. The number of allylic oxidation sites excluding steroid dienone is 1. The molecular weight excluding hydrogens is 445 g/mol. The number of benzene rings is 2. The SMILES string of the molecule is CC(C)=C1C[C@](O)(C(F)(F)F)[C@H](Nc2ccc(F)c3nc(C)ncc23)c2ccc(F)c(O)c21. The number of aliphatic hydroxyl groups is 1. The van der Waals surface area contributed by atoms with Crippen LogP contribution in [0.1, 0.15) is 43.3 Å². The lowest BCUT2D eigenvalue weighted by molar-refractivity contribution is -0.265. The predicted molar refractivity (Wildman–Crippen MR) is 113 cm³/mol. The number of phenolic OH excluding ortho intramolecular Hbond substituents is 1. The van der Waals surface area contributed by atoms with Gasteiger partial charge >= 0.3 is 6.18 Å². The van der Waals surface area contributed by atoms with Crippen molar-refractivity contribution in [2.24, 2.45) is 0 Å². The molecule has 1 aromatic heterocycles. The highest BCUT2D eigenvalue weighted by atomic mass is 19.4. The standard InChI is InChI=1S/C23H20F5N3O2/c1-10(2)13-8-22(33,23(26,27)28)21(12-4-5-16(25)20(32)18(12)13)31-17-7-6-15(24)19-14(17)9-29-11(3)30-19/h4-7,9,21,31-33H,8H2,1-3H3/t21-,22-/m1/s1. The smallest absolute Gasteiger partial charge is 0.419 e. The van der Waals surface area contributed by atoms with Crippen LogP contribution in [0.4, 0.5) is 27.6 Å². The van der Waals surface area contributed by atoms with Crippen LogP contribution in [0.3, 0.4) is 0 Å². The summed E-state index contributed by atoms with van der Waals surface area (Å²) < 4.78 is 71.4. The lowest BCUT2D eigenvalue weighted by atomic mass is 9.71. The summed E-state index contributed by atoms with van der Waals surface area (Å²) in [4.78, 5) is 8.00. The molecule has 2 atom stereocenters. The molecule has 174 valence electrons. The summed E-state index contributed by atoms with van der Waals surface area (Å²) in [6.07, 6.45) is -4.76. The summed E-state index contributed by atoms with van der Waals surface area (Å²) in [5, 5.41) is 24.2. The van der Waals surface area contributed by atoms with Crippen LogP contribution in [0.5, 0.6) is 5.75 Å². The van der Waals surface area contributed by atoms with Crippen molar-refractivity contribution in [3.63, 3.8) is 0 Å². The average molecular weight is 465 g/mol. The molecule has 1 aliphatic carbocycles. The molecule has 33 heavy (non-hydrogen) atoms.